The summed E-state index contributed by atoms with van der Waals surface area (Å²) in [4.78, 5) is 4.43. The van der Waals surface area contributed by atoms with Crippen LogP contribution in [0.5, 0.6) is 34.8 Å². The second-order valence-electron chi connectivity index (χ2n) is 6.19. The predicted molar refractivity (Wildman–Crippen MR) is 99.9 cm³/mol. The quantitative estimate of drug-likeness (QED) is 0.638. The summed E-state index contributed by atoms with van der Waals surface area (Å²) < 4.78 is 46.0. The smallest absolute Gasteiger partial charge is 0.502 e. The fraction of sp³-hybridized carbons (Fsp3) is 0.167. The van der Waals surface area contributed by atoms with Crippen molar-refractivity contribution < 1.29 is 37.6 Å². The Morgan fingerprint density at radius 2 is 1.76 bits per heavy atom. The average Bonchev–Trinajstić information content (AvgIpc) is 3.19. The van der Waals surface area contributed by atoms with Gasteiger partial charge in [0.15, 0.2) is 11.5 Å². The van der Waals surface area contributed by atoms with E-state index in [9.17, 15) is 9.67 Å². The van der Waals surface area contributed by atoms with Crippen LogP contribution in [0.2, 0.25) is 0 Å². The molecule has 1 atom stereocenters. The van der Waals surface area contributed by atoms with Gasteiger partial charge in [-0.15, -0.1) is 4.73 Å². The van der Waals surface area contributed by atoms with Crippen LogP contribution in [0.4, 0.5) is 0 Å². The Labute approximate surface area is 164 Å². The molecule has 10 nitrogen and oxygen atoms in total. The molecule has 29 heavy (non-hydrogen) atoms. The number of aromatic hydroxyl groups is 1. The molecule has 150 valence electrons. The number of phenols is 1. The molecule has 0 amide bonds. The lowest BCUT2D eigenvalue weighted by Gasteiger charge is -2.13. The number of hydrogen-bond donors (Lipinski definition) is 1. The molecule has 0 spiro atoms. The molecule has 2 aliphatic heterocycles. The van der Waals surface area contributed by atoms with Crippen LogP contribution in [0.25, 0.3) is 22.5 Å². The Kier molecular flexibility index (Phi) is 3.63. The zero-order chi connectivity index (χ0) is 20.3. The van der Waals surface area contributed by atoms with Gasteiger partial charge in [0.1, 0.15) is 22.9 Å². The van der Waals surface area contributed by atoms with E-state index < -0.39 is 7.82 Å². The predicted octanol–water partition coefficient (Wildman–Crippen LogP) is 3.27. The number of phosphoric acid groups is 1. The zero-order valence-electron chi connectivity index (χ0n) is 15.5. The van der Waals surface area contributed by atoms with Crippen LogP contribution < -0.4 is 27.9 Å². The van der Waals surface area contributed by atoms with Crippen molar-refractivity contribution in [2.45, 2.75) is 0 Å². The SMILES string of the molecule is COc1cc(OC)cc(-c2nc3n4c2-c2ccc(OC)c(O)c2OP(=O)(O3)O4)c1. The summed E-state index contributed by atoms with van der Waals surface area (Å²) >= 11 is 0. The number of phosphoric ester groups is 1. The van der Waals surface area contributed by atoms with Gasteiger partial charge in [-0.3, -0.25) is 4.62 Å². The third-order valence-corrected chi connectivity index (χ3v) is 5.74. The molecule has 0 radical (unpaired) electrons. The van der Waals surface area contributed by atoms with Gasteiger partial charge in [0.25, 0.3) is 0 Å². The largest absolute Gasteiger partial charge is 0.669 e. The van der Waals surface area contributed by atoms with Crippen molar-refractivity contribution in [3.8, 4) is 57.3 Å². The molecule has 1 aromatic heterocycles. The van der Waals surface area contributed by atoms with E-state index in [1.54, 1.807) is 30.3 Å². The summed E-state index contributed by atoms with van der Waals surface area (Å²) in [6.07, 6.45) is 0. The lowest BCUT2D eigenvalue weighted by Crippen LogP contribution is -2.04. The number of benzene rings is 2. The number of imidazole rings is 1. The van der Waals surface area contributed by atoms with E-state index in [-0.39, 0.29) is 23.3 Å². The maximum Gasteiger partial charge on any atom is 0.669 e. The Hall–Kier alpha value is -3.52. The number of nitrogens with zero attached hydrogens (tertiary/aromatic N) is 2. The van der Waals surface area contributed by atoms with Crippen molar-refractivity contribution in [1.29, 1.82) is 0 Å². The minimum absolute atomic E-state index is 0.0268. The number of phenolic OH excluding ortho intramolecular Hbond substituents is 1. The monoisotopic (exact) mass is 418 g/mol. The Morgan fingerprint density at radius 1 is 1.03 bits per heavy atom. The van der Waals surface area contributed by atoms with Crippen LogP contribution in [0, 0.1) is 0 Å². The van der Waals surface area contributed by atoms with E-state index in [2.05, 4.69) is 4.98 Å². The standard InChI is InChI=1S/C18H15N2O8P/c1-23-10-6-9(7-11(8-10)24-2)14-15-12-4-5-13(25-3)16(21)17(12)26-29(22)27-18(19-14)20(15)28-29/h4-8,21H,1-3H3. The average molecular weight is 418 g/mol. The van der Waals surface area contributed by atoms with Crippen LogP contribution >= 0.6 is 7.82 Å². The summed E-state index contributed by atoms with van der Waals surface area (Å²) in [7, 11) is 0.424. The lowest BCUT2D eigenvalue weighted by molar-refractivity contribution is 0.253. The van der Waals surface area contributed by atoms with Gasteiger partial charge in [-0.1, -0.05) is 0 Å². The maximum atomic E-state index is 12.8. The molecule has 5 rings (SSSR count). The van der Waals surface area contributed by atoms with Gasteiger partial charge >= 0.3 is 13.8 Å². The summed E-state index contributed by atoms with van der Waals surface area (Å²) in [5.41, 5.74) is 1.85. The third kappa shape index (κ3) is 2.49. The molecule has 0 fully saturated rings. The molecule has 2 aliphatic rings. The molecule has 2 bridgehead atoms. The second-order valence-corrected chi connectivity index (χ2v) is 7.61. The highest BCUT2D eigenvalue weighted by Gasteiger charge is 2.49. The first-order valence-corrected chi connectivity index (χ1v) is 9.88. The molecular formula is C18H15N2O8P. The van der Waals surface area contributed by atoms with E-state index in [1.807, 2.05) is 0 Å². The van der Waals surface area contributed by atoms with Crippen molar-refractivity contribution in [3.05, 3.63) is 30.3 Å². The van der Waals surface area contributed by atoms with Crippen molar-refractivity contribution in [2.24, 2.45) is 0 Å². The summed E-state index contributed by atoms with van der Waals surface area (Å²) in [6.45, 7) is 0. The van der Waals surface area contributed by atoms with Crippen molar-refractivity contribution in [2.75, 3.05) is 21.3 Å². The normalized spacial score (nSPS) is 18.0. The van der Waals surface area contributed by atoms with Gasteiger partial charge in [0.2, 0.25) is 5.75 Å². The van der Waals surface area contributed by atoms with Gasteiger partial charge < -0.3 is 28.4 Å². The van der Waals surface area contributed by atoms with Crippen molar-refractivity contribution in [3.63, 3.8) is 0 Å². The first-order chi connectivity index (χ1) is 14.0. The van der Waals surface area contributed by atoms with Gasteiger partial charge in [0, 0.05) is 11.6 Å². The highest BCUT2D eigenvalue weighted by atomic mass is 31.2. The minimum atomic E-state index is -4.05. The van der Waals surface area contributed by atoms with Gasteiger partial charge in [-0.25, -0.2) is 0 Å². The van der Waals surface area contributed by atoms with E-state index in [1.165, 1.54) is 26.1 Å². The minimum Gasteiger partial charge on any atom is -0.502 e. The molecule has 0 saturated carbocycles. The van der Waals surface area contributed by atoms with E-state index in [0.29, 0.717) is 34.0 Å². The van der Waals surface area contributed by atoms with E-state index in [0.717, 1.165) is 0 Å². The van der Waals surface area contributed by atoms with Gasteiger partial charge in [-0.05, 0) is 24.3 Å². The Morgan fingerprint density at radius 3 is 2.41 bits per heavy atom. The highest BCUT2D eigenvalue weighted by molar-refractivity contribution is 7.49. The van der Waals surface area contributed by atoms with Crippen molar-refractivity contribution in [1.82, 2.24) is 9.71 Å². The number of rotatable bonds is 4. The number of hydrogen-bond acceptors (Lipinski definition) is 9. The second kappa shape index (κ2) is 5.99. The molecule has 3 aromatic rings. The number of fused-ring (bicyclic) bond motifs is 3. The van der Waals surface area contributed by atoms with Crippen molar-refractivity contribution >= 4 is 7.82 Å². The molecule has 11 heteroatoms. The van der Waals surface area contributed by atoms with Gasteiger partial charge in [0.05, 0.1) is 26.9 Å². The topological polar surface area (TPSA) is 111 Å². The van der Waals surface area contributed by atoms with Crippen LogP contribution in [0.15, 0.2) is 30.3 Å². The Balaban J connectivity index is 1.81. The number of aromatic nitrogens is 2. The zero-order valence-corrected chi connectivity index (χ0v) is 16.4. The molecule has 1 unspecified atom stereocenters. The molecule has 0 aliphatic carbocycles. The summed E-state index contributed by atoms with van der Waals surface area (Å²) in [6, 6.07) is 8.41. The first kappa shape index (κ1) is 17.6. The van der Waals surface area contributed by atoms with Crippen LogP contribution in [-0.2, 0) is 4.57 Å². The van der Waals surface area contributed by atoms with Crippen LogP contribution in [0.3, 0.4) is 0 Å². The fourth-order valence-corrected chi connectivity index (χ4v) is 4.44. The number of methoxy groups -OCH3 is 3. The molecule has 0 saturated heterocycles. The lowest BCUT2D eigenvalue weighted by atomic mass is 10.0. The maximum absolute atomic E-state index is 12.8. The van der Waals surface area contributed by atoms with Crippen LogP contribution in [0.1, 0.15) is 0 Å². The molecule has 1 N–H and O–H groups in total. The molecule has 2 aromatic carbocycles. The van der Waals surface area contributed by atoms with E-state index in [4.69, 9.17) is 27.9 Å². The summed E-state index contributed by atoms with van der Waals surface area (Å²) in [5, 5.41) is 10.5. The Bertz CT molecular complexity index is 1180. The fourth-order valence-electron chi connectivity index (χ4n) is 3.26. The van der Waals surface area contributed by atoms with Gasteiger partial charge in [-0.2, -0.15) is 9.55 Å². The third-order valence-electron chi connectivity index (χ3n) is 4.58. The summed E-state index contributed by atoms with van der Waals surface area (Å²) in [5.74, 6) is 0.830. The number of ether oxygens (including phenoxy) is 3. The first-order valence-electron chi connectivity index (χ1n) is 8.42. The molecular weight excluding hydrogens is 403 g/mol. The highest BCUT2D eigenvalue weighted by Crippen LogP contribution is 2.61. The molecule has 3 heterocycles. The van der Waals surface area contributed by atoms with E-state index >= 15 is 0 Å². The van der Waals surface area contributed by atoms with Crippen LogP contribution in [-0.4, -0.2) is 36.2 Å².